The van der Waals surface area contributed by atoms with Gasteiger partial charge >= 0.3 is 11.9 Å². The highest BCUT2D eigenvalue weighted by Crippen LogP contribution is 2.33. The first-order valence-corrected chi connectivity index (χ1v) is 10.3. The van der Waals surface area contributed by atoms with Crippen molar-refractivity contribution in [3.05, 3.63) is 46.1 Å². The Labute approximate surface area is 178 Å². The first kappa shape index (κ1) is 21.5. The molecule has 0 bridgehead atoms. The van der Waals surface area contributed by atoms with Crippen molar-refractivity contribution in [3.8, 4) is 5.75 Å². The number of hydrogen-bond donors (Lipinski definition) is 1. The van der Waals surface area contributed by atoms with E-state index in [9.17, 15) is 9.59 Å². The predicted octanol–water partition coefficient (Wildman–Crippen LogP) is 3.44. The van der Waals surface area contributed by atoms with Crippen LogP contribution in [-0.2, 0) is 27.3 Å². The van der Waals surface area contributed by atoms with E-state index >= 15 is 0 Å². The number of nitrogens with zero attached hydrogens (tertiary/aromatic N) is 2. The van der Waals surface area contributed by atoms with E-state index < -0.39 is 5.97 Å². The SMILES string of the molecule is CCOC(=O)c1sc2nc(COC(=O)CCc3ccc(OC)cc3)nc(N)c2c1C. The molecule has 9 heteroatoms. The summed E-state index contributed by atoms with van der Waals surface area (Å²) in [7, 11) is 1.60. The molecule has 30 heavy (non-hydrogen) atoms. The zero-order valence-electron chi connectivity index (χ0n) is 17.1. The summed E-state index contributed by atoms with van der Waals surface area (Å²) in [4.78, 5) is 33.8. The van der Waals surface area contributed by atoms with Gasteiger partial charge in [0.15, 0.2) is 12.4 Å². The summed E-state index contributed by atoms with van der Waals surface area (Å²) in [5.41, 5.74) is 7.76. The largest absolute Gasteiger partial charge is 0.497 e. The number of anilines is 1. The van der Waals surface area contributed by atoms with Crippen molar-refractivity contribution >= 4 is 39.3 Å². The van der Waals surface area contributed by atoms with Gasteiger partial charge in [0.2, 0.25) is 0 Å². The van der Waals surface area contributed by atoms with Gasteiger partial charge in [0.05, 0.1) is 19.1 Å². The van der Waals surface area contributed by atoms with E-state index in [4.69, 9.17) is 19.9 Å². The molecule has 1 aromatic carbocycles. The average molecular weight is 429 g/mol. The summed E-state index contributed by atoms with van der Waals surface area (Å²) in [5.74, 6) is 0.524. The fourth-order valence-corrected chi connectivity index (χ4v) is 4.03. The lowest BCUT2D eigenvalue weighted by atomic mass is 10.1. The number of carbonyl (C=O) groups is 2. The standard InChI is InChI=1S/C21H23N3O5S/c1-4-28-21(26)18-12(2)17-19(22)23-15(24-20(17)30-18)11-29-16(25)10-7-13-5-8-14(27-3)9-6-13/h5-6,8-9H,4,7,10-11H2,1-3H3,(H2,22,23,24). The molecule has 0 aliphatic heterocycles. The van der Waals surface area contributed by atoms with Crippen molar-refractivity contribution < 1.29 is 23.8 Å². The van der Waals surface area contributed by atoms with Crippen molar-refractivity contribution in [2.45, 2.75) is 33.3 Å². The van der Waals surface area contributed by atoms with Gasteiger partial charge in [0.1, 0.15) is 21.3 Å². The molecule has 2 aromatic heterocycles. The lowest BCUT2D eigenvalue weighted by molar-refractivity contribution is -0.145. The van der Waals surface area contributed by atoms with Crippen LogP contribution in [0.4, 0.5) is 5.82 Å². The van der Waals surface area contributed by atoms with Crippen molar-refractivity contribution in [2.24, 2.45) is 0 Å². The molecule has 3 rings (SSSR count). The fourth-order valence-electron chi connectivity index (χ4n) is 2.93. The van der Waals surface area contributed by atoms with Gasteiger partial charge in [0.25, 0.3) is 0 Å². The Morgan fingerprint density at radius 1 is 1.13 bits per heavy atom. The maximum atomic E-state index is 12.1. The molecule has 158 valence electrons. The van der Waals surface area contributed by atoms with E-state index in [-0.39, 0.29) is 37.2 Å². The fraction of sp³-hybridized carbons (Fsp3) is 0.333. The topological polar surface area (TPSA) is 114 Å². The zero-order valence-corrected chi connectivity index (χ0v) is 17.9. The number of benzene rings is 1. The third-order valence-electron chi connectivity index (χ3n) is 4.46. The number of ether oxygens (including phenoxy) is 3. The Kier molecular flexibility index (Phi) is 6.83. The van der Waals surface area contributed by atoms with Crippen LogP contribution in [0.25, 0.3) is 10.2 Å². The van der Waals surface area contributed by atoms with E-state index in [1.165, 1.54) is 11.3 Å². The number of hydrogen-bond acceptors (Lipinski definition) is 9. The van der Waals surface area contributed by atoms with Crippen LogP contribution in [-0.4, -0.2) is 35.6 Å². The minimum Gasteiger partial charge on any atom is -0.497 e. The minimum atomic E-state index is -0.413. The van der Waals surface area contributed by atoms with Crippen molar-refractivity contribution in [1.82, 2.24) is 9.97 Å². The number of carbonyl (C=O) groups excluding carboxylic acids is 2. The molecule has 0 unspecified atom stereocenters. The third-order valence-corrected chi connectivity index (χ3v) is 5.63. The van der Waals surface area contributed by atoms with Crippen molar-refractivity contribution in [3.63, 3.8) is 0 Å². The van der Waals surface area contributed by atoms with Crippen LogP contribution in [0, 0.1) is 6.92 Å². The Balaban J connectivity index is 1.63. The van der Waals surface area contributed by atoms with Gasteiger partial charge in [-0.3, -0.25) is 4.79 Å². The first-order chi connectivity index (χ1) is 14.4. The molecule has 3 aromatic rings. The van der Waals surface area contributed by atoms with Gasteiger partial charge in [0, 0.05) is 6.42 Å². The predicted molar refractivity (Wildman–Crippen MR) is 114 cm³/mol. The number of nitrogen functional groups attached to an aromatic ring is 1. The number of methoxy groups -OCH3 is 1. The lowest BCUT2D eigenvalue weighted by Gasteiger charge is -2.06. The Morgan fingerprint density at radius 3 is 2.53 bits per heavy atom. The second-order valence-corrected chi connectivity index (χ2v) is 7.49. The van der Waals surface area contributed by atoms with Gasteiger partial charge in [-0.25, -0.2) is 14.8 Å². The monoisotopic (exact) mass is 429 g/mol. The molecule has 0 aliphatic rings. The van der Waals surface area contributed by atoms with Crippen LogP contribution in [0.1, 0.15) is 40.0 Å². The maximum absolute atomic E-state index is 12.1. The van der Waals surface area contributed by atoms with Crippen LogP contribution in [0.5, 0.6) is 5.75 Å². The second-order valence-electron chi connectivity index (χ2n) is 6.49. The van der Waals surface area contributed by atoms with Gasteiger partial charge in [-0.05, 0) is 43.5 Å². The molecule has 0 saturated carbocycles. The molecule has 0 saturated heterocycles. The number of aromatic nitrogens is 2. The third kappa shape index (κ3) is 4.85. The molecule has 0 radical (unpaired) electrons. The van der Waals surface area contributed by atoms with Gasteiger partial charge in [-0.15, -0.1) is 11.3 Å². The van der Waals surface area contributed by atoms with E-state index in [0.717, 1.165) is 11.3 Å². The van der Waals surface area contributed by atoms with Crippen LogP contribution in [0.15, 0.2) is 24.3 Å². The second kappa shape index (κ2) is 9.53. The van der Waals surface area contributed by atoms with Gasteiger partial charge < -0.3 is 19.9 Å². The summed E-state index contributed by atoms with van der Waals surface area (Å²) in [6.07, 6.45) is 0.785. The van der Waals surface area contributed by atoms with Gasteiger partial charge in [-0.1, -0.05) is 12.1 Å². The summed E-state index contributed by atoms with van der Waals surface area (Å²) in [6, 6.07) is 7.51. The quantitative estimate of drug-likeness (QED) is 0.542. The van der Waals surface area contributed by atoms with Crippen LogP contribution in [0.2, 0.25) is 0 Å². The average Bonchev–Trinajstić information content (AvgIpc) is 3.08. The molecule has 2 heterocycles. The van der Waals surface area contributed by atoms with E-state index in [1.54, 1.807) is 21.0 Å². The summed E-state index contributed by atoms with van der Waals surface area (Å²) in [5, 5.41) is 0.623. The van der Waals surface area contributed by atoms with Crippen molar-refractivity contribution in [1.29, 1.82) is 0 Å². The summed E-state index contributed by atoms with van der Waals surface area (Å²) in [6.45, 7) is 3.72. The van der Waals surface area contributed by atoms with Gasteiger partial charge in [-0.2, -0.15) is 0 Å². The summed E-state index contributed by atoms with van der Waals surface area (Å²) < 4.78 is 15.5. The van der Waals surface area contributed by atoms with Crippen LogP contribution >= 0.6 is 11.3 Å². The molecule has 2 N–H and O–H groups in total. The lowest BCUT2D eigenvalue weighted by Crippen LogP contribution is -2.09. The maximum Gasteiger partial charge on any atom is 0.348 e. The first-order valence-electron chi connectivity index (χ1n) is 9.44. The van der Waals surface area contributed by atoms with Crippen LogP contribution in [0.3, 0.4) is 0 Å². The van der Waals surface area contributed by atoms with E-state index in [1.807, 2.05) is 24.3 Å². The smallest absolute Gasteiger partial charge is 0.348 e. The van der Waals surface area contributed by atoms with E-state index in [2.05, 4.69) is 9.97 Å². The molecule has 0 atom stereocenters. The Bertz CT molecular complexity index is 1060. The number of fused-ring (bicyclic) bond motifs is 1. The minimum absolute atomic E-state index is 0.0900. The van der Waals surface area contributed by atoms with E-state index in [0.29, 0.717) is 27.1 Å². The molecule has 8 nitrogen and oxygen atoms in total. The number of esters is 2. The molecule has 0 amide bonds. The number of aryl methyl sites for hydroxylation is 2. The highest BCUT2D eigenvalue weighted by molar-refractivity contribution is 7.20. The van der Waals surface area contributed by atoms with Crippen molar-refractivity contribution in [2.75, 3.05) is 19.5 Å². The number of nitrogens with two attached hydrogens (primary N) is 1. The zero-order chi connectivity index (χ0) is 21.7. The van der Waals surface area contributed by atoms with Crippen LogP contribution < -0.4 is 10.5 Å². The summed E-state index contributed by atoms with van der Waals surface area (Å²) >= 11 is 1.19. The molecular formula is C21H23N3O5S. The normalized spacial score (nSPS) is 10.8. The molecular weight excluding hydrogens is 406 g/mol. The Hall–Kier alpha value is -3.20. The Morgan fingerprint density at radius 2 is 1.87 bits per heavy atom. The molecule has 0 spiro atoms. The number of thiophene rings is 1. The number of rotatable bonds is 8. The molecule has 0 aliphatic carbocycles. The highest BCUT2D eigenvalue weighted by Gasteiger charge is 2.20. The molecule has 0 fully saturated rings. The highest BCUT2D eigenvalue weighted by atomic mass is 32.1.